The third-order valence-corrected chi connectivity index (χ3v) is 2.91. The number of rotatable bonds is 5. The van der Waals surface area contributed by atoms with Crippen molar-refractivity contribution < 1.29 is 34.2 Å². The quantitative estimate of drug-likeness (QED) is 0.750. The minimum Gasteiger partial charge on any atom is -0.872 e. The molecule has 2 aromatic rings. The number of aliphatic imine (C=N–C) groups is 2. The Bertz CT molecular complexity index is 660. The Balaban J connectivity index is 0.00000242. The Hall–Kier alpha value is -2.08. The fraction of sp³-hybridized carbons (Fsp3) is 0.176. The minimum absolute atomic E-state index is 0. The number of hydrogen-bond donors (Lipinski definition) is 0. The van der Waals surface area contributed by atoms with Gasteiger partial charge in [-0.3, -0.25) is 9.98 Å². The van der Waals surface area contributed by atoms with E-state index in [1.807, 2.05) is 6.92 Å². The van der Waals surface area contributed by atoms with Gasteiger partial charge in [0.05, 0.1) is 12.6 Å². The standard InChI is InChI=1S/C17H18N2O2.H2O.V/c1-13(19-12-15-7-3-5-9-17(15)21)10-18-11-14-6-2-4-8-16(14)20;;/h2-9,11-13,20-21H,10H2,1H3;1H2;/p-2. The molecule has 0 aliphatic rings. The SMILES string of the molecule is CC(CN=Cc1ccccc1[O-])N=Cc1ccccc1[O-].O.[V]. The normalized spacial score (nSPS) is 11.9. The smallest absolute Gasteiger partial charge is 0.0666 e. The van der Waals surface area contributed by atoms with Crippen LogP contribution < -0.4 is 10.2 Å². The van der Waals surface area contributed by atoms with Crippen LogP contribution in [0.2, 0.25) is 0 Å². The summed E-state index contributed by atoms with van der Waals surface area (Å²) in [5, 5.41) is 23.0. The molecule has 1 unspecified atom stereocenters. The summed E-state index contributed by atoms with van der Waals surface area (Å²) in [7, 11) is 0. The molecule has 23 heavy (non-hydrogen) atoms. The Morgan fingerprint density at radius 2 is 1.39 bits per heavy atom. The number of hydrogen-bond acceptors (Lipinski definition) is 4. The van der Waals surface area contributed by atoms with Crippen LogP contribution in [0, 0.1) is 0 Å². The maximum Gasteiger partial charge on any atom is 0.0666 e. The molecule has 0 aliphatic carbocycles. The molecule has 0 saturated carbocycles. The van der Waals surface area contributed by atoms with Crippen LogP contribution in [-0.4, -0.2) is 30.5 Å². The number of benzene rings is 2. The molecule has 6 heteroatoms. The Morgan fingerprint density at radius 3 is 1.91 bits per heavy atom. The molecule has 2 N–H and O–H groups in total. The molecule has 1 atom stereocenters. The van der Waals surface area contributed by atoms with E-state index in [0.717, 1.165) is 0 Å². The molecule has 121 valence electrons. The van der Waals surface area contributed by atoms with E-state index >= 15 is 0 Å². The molecule has 2 aromatic carbocycles. The zero-order valence-electron chi connectivity index (χ0n) is 12.7. The van der Waals surface area contributed by atoms with Crippen molar-refractivity contribution in [3.8, 4) is 11.5 Å². The van der Waals surface area contributed by atoms with Crippen LogP contribution in [0.1, 0.15) is 18.1 Å². The molecule has 5 nitrogen and oxygen atoms in total. The van der Waals surface area contributed by atoms with E-state index in [1.165, 1.54) is 12.1 Å². The van der Waals surface area contributed by atoms with Gasteiger partial charge in [0.15, 0.2) is 0 Å². The van der Waals surface area contributed by atoms with Crippen molar-refractivity contribution in [1.82, 2.24) is 0 Å². The van der Waals surface area contributed by atoms with Gasteiger partial charge < -0.3 is 15.7 Å². The summed E-state index contributed by atoms with van der Waals surface area (Å²) in [5.41, 5.74) is 1.14. The van der Waals surface area contributed by atoms with Gasteiger partial charge in [0.25, 0.3) is 0 Å². The average Bonchev–Trinajstić information content (AvgIpc) is 2.48. The van der Waals surface area contributed by atoms with Gasteiger partial charge in [-0.05, 0) is 18.1 Å². The average molecular weight is 349 g/mol. The van der Waals surface area contributed by atoms with Gasteiger partial charge in [0.1, 0.15) is 0 Å². The van der Waals surface area contributed by atoms with E-state index in [9.17, 15) is 10.2 Å². The van der Waals surface area contributed by atoms with Gasteiger partial charge in [-0.2, -0.15) is 0 Å². The molecule has 0 saturated heterocycles. The first-order valence-corrected chi connectivity index (χ1v) is 6.72. The molecule has 1 radical (unpaired) electrons. The molecular weight excluding hydrogens is 331 g/mol. The van der Waals surface area contributed by atoms with E-state index in [2.05, 4.69) is 9.98 Å². The van der Waals surface area contributed by atoms with Gasteiger partial charge in [0.2, 0.25) is 0 Å². The topological polar surface area (TPSA) is 102 Å². The van der Waals surface area contributed by atoms with Crippen LogP contribution in [0.5, 0.6) is 11.5 Å². The first-order valence-electron chi connectivity index (χ1n) is 6.72. The van der Waals surface area contributed by atoms with Crippen molar-refractivity contribution in [1.29, 1.82) is 0 Å². The summed E-state index contributed by atoms with van der Waals surface area (Å²) in [6.45, 7) is 2.37. The maximum absolute atomic E-state index is 11.5. The zero-order chi connectivity index (χ0) is 15.1. The van der Waals surface area contributed by atoms with Crippen molar-refractivity contribution >= 4 is 12.4 Å². The Kier molecular flexibility index (Phi) is 9.66. The van der Waals surface area contributed by atoms with Gasteiger partial charge >= 0.3 is 0 Å². The molecule has 0 amide bonds. The third kappa shape index (κ3) is 6.69. The molecule has 0 aliphatic heterocycles. The van der Waals surface area contributed by atoms with Crippen molar-refractivity contribution in [2.75, 3.05) is 6.54 Å². The van der Waals surface area contributed by atoms with Crippen LogP contribution >= 0.6 is 0 Å². The number of para-hydroxylation sites is 2. The van der Waals surface area contributed by atoms with Crippen molar-refractivity contribution in [2.24, 2.45) is 9.98 Å². The molecule has 0 aromatic heterocycles. The predicted molar refractivity (Wildman–Crippen MR) is 84.9 cm³/mol. The van der Waals surface area contributed by atoms with E-state index in [4.69, 9.17) is 0 Å². The first-order chi connectivity index (χ1) is 10.2. The van der Waals surface area contributed by atoms with Crippen molar-refractivity contribution in [3.05, 3.63) is 59.7 Å². The molecule has 0 fully saturated rings. The van der Waals surface area contributed by atoms with Gasteiger partial charge in [-0.25, -0.2) is 0 Å². The summed E-state index contributed by atoms with van der Waals surface area (Å²) < 4.78 is 0. The van der Waals surface area contributed by atoms with Gasteiger partial charge in [-0.15, -0.1) is 11.5 Å². The summed E-state index contributed by atoms with van der Waals surface area (Å²) in [6, 6.07) is 13.4. The monoisotopic (exact) mass is 349 g/mol. The summed E-state index contributed by atoms with van der Waals surface area (Å²) in [4.78, 5) is 8.51. The van der Waals surface area contributed by atoms with E-state index in [1.54, 1.807) is 48.8 Å². The minimum atomic E-state index is -0.0559. The molecule has 0 spiro atoms. The second-order valence-electron chi connectivity index (χ2n) is 4.70. The first kappa shape index (κ1) is 20.9. The Labute approximate surface area is 147 Å². The molecule has 0 bridgehead atoms. The molecular formula is C17H18N2O3V-2. The summed E-state index contributed by atoms with van der Waals surface area (Å²) >= 11 is 0. The fourth-order valence-electron chi connectivity index (χ4n) is 1.73. The van der Waals surface area contributed by atoms with Crippen LogP contribution in [-0.2, 0) is 18.6 Å². The van der Waals surface area contributed by atoms with E-state index in [0.29, 0.717) is 17.7 Å². The second-order valence-corrected chi connectivity index (χ2v) is 4.70. The van der Waals surface area contributed by atoms with Gasteiger partial charge in [-0.1, -0.05) is 48.5 Å². The summed E-state index contributed by atoms with van der Waals surface area (Å²) in [5.74, 6) is -0.0880. The van der Waals surface area contributed by atoms with Crippen LogP contribution in [0.15, 0.2) is 58.5 Å². The van der Waals surface area contributed by atoms with Crippen molar-refractivity contribution in [3.63, 3.8) is 0 Å². The fourth-order valence-corrected chi connectivity index (χ4v) is 1.73. The second kappa shape index (κ2) is 10.6. The zero-order valence-corrected chi connectivity index (χ0v) is 14.1. The Morgan fingerprint density at radius 1 is 0.913 bits per heavy atom. The van der Waals surface area contributed by atoms with Crippen LogP contribution in [0.3, 0.4) is 0 Å². The largest absolute Gasteiger partial charge is 0.872 e. The van der Waals surface area contributed by atoms with Crippen LogP contribution in [0.4, 0.5) is 0 Å². The van der Waals surface area contributed by atoms with E-state index < -0.39 is 0 Å². The van der Waals surface area contributed by atoms with Gasteiger partial charge in [0, 0.05) is 31.0 Å². The predicted octanol–water partition coefficient (Wildman–Crippen LogP) is 0.933. The molecule has 0 heterocycles. The summed E-state index contributed by atoms with van der Waals surface area (Å²) in [6.07, 6.45) is 3.14. The number of nitrogens with zero attached hydrogens (tertiary/aromatic N) is 2. The van der Waals surface area contributed by atoms with Crippen LogP contribution in [0.25, 0.3) is 0 Å². The van der Waals surface area contributed by atoms with E-state index in [-0.39, 0.29) is 41.6 Å². The van der Waals surface area contributed by atoms with Crippen molar-refractivity contribution in [2.45, 2.75) is 13.0 Å². The third-order valence-electron chi connectivity index (χ3n) is 2.91. The molecule has 2 rings (SSSR count). The maximum atomic E-state index is 11.5.